The summed E-state index contributed by atoms with van der Waals surface area (Å²) in [5, 5.41) is 10.1. The maximum absolute atomic E-state index is 2.46. The van der Waals surface area contributed by atoms with Crippen molar-refractivity contribution in [3.8, 4) is 50.2 Å². The molecule has 0 aliphatic rings. The van der Waals surface area contributed by atoms with Crippen LogP contribution in [0, 0.1) is 13.8 Å². The van der Waals surface area contributed by atoms with Gasteiger partial charge in [-0.15, -0.1) is 0 Å². The molecule has 0 atom stereocenters. The highest BCUT2D eigenvalue weighted by molar-refractivity contribution is 6.15. The Hall–Kier alpha value is -7.22. The lowest BCUT2D eigenvalue weighted by atomic mass is 9.92. The van der Waals surface area contributed by atoms with E-state index in [2.05, 4.69) is 219 Å². The van der Waals surface area contributed by atoms with Crippen molar-refractivity contribution >= 4 is 54.1 Å². The predicted molar refractivity (Wildman–Crippen MR) is 245 cm³/mol. The second-order valence-electron chi connectivity index (χ2n) is 15.4. The zero-order valence-corrected chi connectivity index (χ0v) is 32.0. The van der Waals surface area contributed by atoms with Crippen molar-refractivity contribution in [1.82, 2.24) is 4.57 Å². The van der Waals surface area contributed by atoms with E-state index in [1.807, 2.05) is 0 Å². The van der Waals surface area contributed by atoms with Gasteiger partial charge in [-0.3, -0.25) is 0 Å². The third kappa shape index (κ3) is 5.54. The molecule has 11 aromatic rings. The first-order valence-corrected chi connectivity index (χ1v) is 19.8. The molecule has 0 bridgehead atoms. The van der Waals surface area contributed by atoms with Crippen LogP contribution < -0.4 is 0 Å². The van der Waals surface area contributed by atoms with Crippen LogP contribution in [0.2, 0.25) is 0 Å². The molecule has 1 heteroatoms. The number of aromatic nitrogens is 1. The second-order valence-corrected chi connectivity index (χ2v) is 15.4. The minimum atomic E-state index is 1.21. The summed E-state index contributed by atoms with van der Waals surface area (Å²) in [6.07, 6.45) is 0. The largest absolute Gasteiger partial charge is 0.309 e. The van der Waals surface area contributed by atoms with E-state index in [0.29, 0.717) is 0 Å². The number of hydrogen-bond acceptors (Lipinski definition) is 0. The van der Waals surface area contributed by atoms with E-state index in [9.17, 15) is 0 Å². The van der Waals surface area contributed by atoms with Crippen LogP contribution in [0.25, 0.3) is 104 Å². The monoisotopic (exact) mass is 725 g/mol. The van der Waals surface area contributed by atoms with Crippen LogP contribution >= 0.6 is 0 Å². The lowest BCUT2D eigenvalue weighted by Gasteiger charge is -2.14. The maximum Gasteiger partial charge on any atom is 0.0546 e. The molecule has 0 N–H and O–H groups in total. The molecule has 0 fully saturated rings. The summed E-state index contributed by atoms with van der Waals surface area (Å²) < 4.78 is 2.46. The van der Waals surface area contributed by atoms with Gasteiger partial charge < -0.3 is 4.57 Å². The van der Waals surface area contributed by atoms with Crippen LogP contribution in [0.3, 0.4) is 0 Å². The highest BCUT2D eigenvalue weighted by Crippen LogP contribution is 2.40. The van der Waals surface area contributed by atoms with Crippen LogP contribution in [-0.2, 0) is 0 Å². The number of hydrogen-bond donors (Lipinski definition) is 0. The molecule has 10 aromatic carbocycles. The van der Waals surface area contributed by atoms with Crippen LogP contribution in [0.15, 0.2) is 200 Å². The zero-order valence-electron chi connectivity index (χ0n) is 32.0. The molecule has 0 aliphatic carbocycles. The average Bonchev–Trinajstić information content (AvgIpc) is 3.59. The van der Waals surface area contributed by atoms with Crippen LogP contribution in [0.4, 0.5) is 0 Å². The number of para-hydroxylation sites is 1. The fourth-order valence-corrected chi connectivity index (χ4v) is 9.11. The van der Waals surface area contributed by atoms with Crippen LogP contribution in [0.5, 0.6) is 0 Å². The van der Waals surface area contributed by atoms with Crippen molar-refractivity contribution in [2.75, 3.05) is 0 Å². The van der Waals surface area contributed by atoms with Crippen molar-refractivity contribution in [3.63, 3.8) is 0 Å². The van der Waals surface area contributed by atoms with Crippen molar-refractivity contribution in [1.29, 1.82) is 0 Å². The first-order chi connectivity index (χ1) is 28.1. The van der Waals surface area contributed by atoms with Gasteiger partial charge in [-0.1, -0.05) is 164 Å². The third-order valence-corrected chi connectivity index (χ3v) is 12.0. The Labute approximate surface area is 332 Å². The van der Waals surface area contributed by atoms with Crippen LogP contribution in [-0.4, -0.2) is 4.57 Å². The van der Waals surface area contributed by atoms with Gasteiger partial charge in [0.05, 0.1) is 16.7 Å². The number of benzene rings is 10. The molecular weight excluding hydrogens is 687 g/mol. The van der Waals surface area contributed by atoms with Gasteiger partial charge in [-0.05, 0) is 133 Å². The Bertz CT molecular complexity index is 3360. The van der Waals surface area contributed by atoms with Gasteiger partial charge in [0.1, 0.15) is 0 Å². The molecule has 0 spiro atoms. The summed E-state index contributed by atoms with van der Waals surface area (Å²) in [5.74, 6) is 0. The number of rotatable bonds is 5. The number of aryl methyl sites for hydroxylation is 2. The van der Waals surface area contributed by atoms with Gasteiger partial charge in [0, 0.05) is 16.2 Å². The first kappa shape index (κ1) is 33.1. The maximum atomic E-state index is 2.46. The molecule has 1 nitrogen and oxygen atoms in total. The molecule has 0 radical (unpaired) electrons. The quantitative estimate of drug-likeness (QED) is 0.156. The van der Waals surface area contributed by atoms with Crippen molar-refractivity contribution in [2.45, 2.75) is 13.8 Å². The normalized spacial score (nSPS) is 11.7. The van der Waals surface area contributed by atoms with E-state index in [0.717, 1.165) is 0 Å². The van der Waals surface area contributed by atoms with Crippen molar-refractivity contribution in [2.24, 2.45) is 0 Å². The smallest absolute Gasteiger partial charge is 0.0546 e. The lowest BCUT2D eigenvalue weighted by Crippen LogP contribution is -1.96. The molecule has 11 rings (SSSR count). The SMILES string of the molecule is Cc1ccccc1-c1ccc(-c2ccc3cc(-c4ccc(-c5ccc6c(c5)c5ccccc5n6-c5cc6ccccc6c6ccccc56)cc4)ccc3c2)cc1C. The van der Waals surface area contributed by atoms with Gasteiger partial charge in [-0.2, -0.15) is 0 Å². The van der Waals surface area contributed by atoms with Crippen molar-refractivity contribution in [3.05, 3.63) is 211 Å². The van der Waals surface area contributed by atoms with E-state index in [1.54, 1.807) is 0 Å². The van der Waals surface area contributed by atoms with Crippen molar-refractivity contribution < 1.29 is 0 Å². The van der Waals surface area contributed by atoms with Gasteiger partial charge in [0.15, 0.2) is 0 Å². The average molecular weight is 726 g/mol. The second kappa shape index (κ2) is 13.2. The summed E-state index contributed by atoms with van der Waals surface area (Å²) in [6, 6.07) is 73.9. The van der Waals surface area contributed by atoms with Crippen LogP contribution in [0.1, 0.15) is 11.1 Å². The van der Waals surface area contributed by atoms with Gasteiger partial charge in [0.25, 0.3) is 0 Å². The van der Waals surface area contributed by atoms with Gasteiger partial charge >= 0.3 is 0 Å². The Morgan fingerprint density at radius 2 is 0.789 bits per heavy atom. The summed E-state index contributed by atoms with van der Waals surface area (Å²) in [6.45, 7) is 4.40. The Morgan fingerprint density at radius 1 is 0.281 bits per heavy atom. The standard InChI is InChI=1S/C56H39N/c1-36-11-3-5-13-47(36)48-29-27-40(31-37(48)2)42-25-26-43-32-41(23-24-44(43)33-42)38-19-21-39(22-20-38)45-28-30-55-53(34-45)52-17-9-10-18-54(52)57(55)56-35-46-12-4-6-14-49(46)50-15-7-8-16-51(50)56/h3-35H,1-2H3. The molecule has 0 saturated heterocycles. The molecule has 1 heterocycles. The fraction of sp³-hybridized carbons (Fsp3) is 0.0357. The molecule has 0 aliphatic heterocycles. The Morgan fingerprint density at radius 3 is 1.53 bits per heavy atom. The predicted octanol–water partition coefficient (Wildman–Crippen LogP) is 15.5. The topological polar surface area (TPSA) is 4.93 Å². The first-order valence-electron chi connectivity index (χ1n) is 19.8. The number of nitrogens with zero attached hydrogens (tertiary/aromatic N) is 1. The van der Waals surface area contributed by atoms with E-state index >= 15 is 0 Å². The molecule has 268 valence electrons. The zero-order chi connectivity index (χ0) is 38.0. The van der Waals surface area contributed by atoms with E-state index < -0.39 is 0 Å². The summed E-state index contributed by atoms with van der Waals surface area (Å²) in [4.78, 5) is 0. The molecular formula is C56H39N. The fourth-order valence-electron chi connectivity index (χ4n) is 9.11. The molecule has 1 aromatic heterocycles. The summed E-state index contributed by atoms with van der Waals surface area (Å²) in [5.41, 5.74) is 16.2. The third-order valence-electron chi connectivity index (χ3n) is 12.0. The molecule has 0 amide bonds. The summed E-state index contributed by atoms with van der Waals surface area (Å²) in [7, 11) is 0. The van der Waals surface area contributed by atoms with Gasteiger partial charge in [0.2, 0.25) is 0 Å². The molecule has 57 heavy (non-hydrogen) atoms. The summed E-state index contributed by atoms with van der Waals surface area (Å²) >= 11 is 0. The highest BCUT2D eigenvalue weighted by atomic mass is 15.0. The minimum Gasteiger partial charge on any atom is -0.309 e. The van der Waals surface area contributed by atoms with E-state index in [4.69, 9.17) is 0 Å². The lowest BCUT2D eigenvalue weighted by molar-refractivity contribution is 1.20. The van der Waals surface area contributed by atoms with Gasteiger partial charge in [-0.25, -0.2) is 0 Å². The molecule has 0 saturated carbocycles. The Kier molecular flexibility index (Phi) is 7.69. The minimum absolute atomic E-state index is 1.21. The molecule has 0 unspecified atom stereocenters. The Balaban J connectivity index is 0.919. The van der Waals surface area contributed by atoms with E-state index in [-0.39, 0.29) is 0 Å². The highest BCUT2D eigenvalue weighted by Gasteiger charge is 2.17. The number of fused-ring (bicyclic) bond motifs is 7. The van der Waals surface area contributed by atoms with E-state index in [1.165, 1.54) is 115 Å².